The van der Waals surface area contributed by atoms with Crippen LogP contribution in [0.15, 0.2) is 42.5 Å². The predicted molar refractivity (Wildman–Crippen MR) is 104 cm³/mol. The molecule has 3 nitrogen and oxygen atoms in total. The van der Waals surface area contributed by atoms with E-state index in [0.717, 1.165) is 19.6 Å². The quantitative estimate of drug-likeness (QED) is 0.863. The molecule has 1 fully saturated rings. The van der Waals surface area contributed by atoms with Crippen LogP contribution in [0.3, 0.4) is 0 Å². The van der Waals surface area contributed by atoms with E-state index in [1.54, 1.807) is 0 Å². The number of aryl methyl sites for hydroxylation is 1. The Labute approximate surface area is 150 Å². The van der Waals surface area contributed by atoms with Gasteiger partial charge in [-0.15, -0.1) is 11.3 Å². The van der Waals surface area contributed by atoms with Gasteiger partial charge in [0, 0.05) is 54.6 Å². The fourth-order valence-electron chi connectivity index (χ4n) is 3.30. The molecule has 0 aliphatic carbocycles. The molecule has 0 spiro atoms. The number of nitrogens with zero attached hydrogens (tertiary/aromatic N) is 2. The van der Waals surface area contributed by atoms with Crippen LogP contribution in [0.1, 0.15) is 34.3 Å². The van der Waals surface area contributed by atoms with E-state index in [0.29, 0.717) is 12.1 Å². The molecule has 1 N–H and O–H groups in total. The summed E-state index contributed by atoms with van der Waals surface area (Å²) in [5.41, 5.74) is 1.39. The minimum atomic E-state index is 0.368. The zero-order chi connectivity index (χ0) is 16.9. The molecule has 0 bridgehead atoms. The first-order valence-corrected chi connectivity index (χ1v) is 9.71. The number of benzene rings is 1. The maximum Gasteiger partial charge on any atom is 0.0454 e. The summed E-state index contributed by atoms with van der Waals surface area (Å²) in [6.45, 7) is 10.2. The van der Waals surface area contributed by atoms with E-state index in [1.165, 1.54) is 28.4 Å². The fraction of sp³-hybridized carbons (Fsp3) is 0.500. The van der Waals surface area contributed by atoms with Gasteiger partial charge in [0.05, 0.1) is 0 Å². The number of thiophene rings is 1. The summed E-state index contributed by atoms with van der Waals surface area (Å²) in [7, 11) is 2.21. The van der Waals surface area contributed by atoms with Gasteiger partial charge in [0.15, 0.2) is 0 Å². The second kappa shape index (κ2) is 8.26. The van der Waals surface area contributed by atoms with Crippen molar-refractivity contribution in [3.8, 4) is 0 Å². The Kier molecular flexibility index (Phi) is 6.06. The molecule has 130 valence electrons. The van der Waals surface area contributed by atoms with Crippen LogP contribution in [0, 0.1) is 6.92 Å². The number of piperazine rings is 1. The summed E-state index contributed by atoms with van der Waals surface area (Å²) >= 11 is 1.90. The maximum atomic E-state index is 3.88. The summed E-state index contributed by atoms with van der Waals surface area (Å²) in [6.07, 6.45) is 0. The number of hydrogen-bond donors (Lipinski definition) is 1. The van der Waals surface area contributed by atoms with Crippen LogP contribution in [0.2, 0.25) is 0 Å². The minimum absolute atomic E-state index is 0.368. The predicted octanol–water partition coefficient (Wildman–Crippen LogP) is 3.70. The normalized spacial score (nSPS) is 19.3. The van der Waals surface area contributed by atoms with Gasteiger partial charge in [-0.05, 0) is 38.6 Å². The summed E-state index contributed by atoms with van der Waals surface area (Å²) in [5, 5.41) is 3.88. The van der Waals surface area contributed by atoms with E-state index in [2.05, 4.69) is 78.5 Å². The number of hydrogen-bond acceptors (Lipinski definition) is 4. The molecule has 0 unspecified atom stereocenters. The van der Waals surface area contributed by atoms with Gasteiger partial charge in [0.25, 0.3) is 0 Å². The van der Waals surface area contributed by atoms with Gasteiger partial charge in [-0.3, -0.25) is 4.90 Å². The topological polar surface area (TPSA) is 18.5 Å². The average molecular weight is 344 g/mol. The van der Waals surface area contributed by atoms with Crippen molar-refractivity contribution < 1.29 is 0 Å². The monoisotopic (exact) mass is 343 g/mol. The van der Waals surface area contributed by atoms with Gasteiger partial charge in [-0.2, -0.15) is 0 Å². The number of likely N-dealkylation sites (N-methyl/N-ethyl adjacent to an activating group) is 1. The highest BCUT2D eigenvalue weighted by Crippen LogP contribution is 2.26. The lowest BCUT2D eigenvalue weighted by Crippen LogP contribution is -2.47. The molecule has 1 aliphatic rings. The molecule has 1 aliphatic heterocycles. The third-order valence-corrected chi connectivity index (χ3v) is 6.06. The van der Waals surface area contributed by atoms with Crippen LogP contribution in [-0.2, 0) is 0 Å². The summed E-state index contributed by atoms with van der Waals surface area (Å²) in [4.78, 5) is 7.82. The lowest BCUT2D eigenvalue weighted by atomic mass is 10.0. The van der Waals surface area contributed by atoms with E-state index in [-0.39, 0.29) is 0 Å². The first-order valence-electron chi connectivity index (χ1n) is 8.90. The van der Waals surface area contributed by atoms with Gasteiger partial charge in [-0.1, -0.05) is 30.3 Å². The Hall–Kier alpha value is -1.20. The Bertz CT molecular complexity index is 617. The molecular formula is C20H29N3S. The highest BCUT2D eigenvalue weighted by molar-refractivity contribution is 7.12. The molecule has 1 aromatic heterocycles. The Morgan fingerprint density at radius 1 is 1.04 bits per heavy atom. The molecule has 0 saturated carbocycles. The van der Waals surface area contributed by atoms with Crippen LogP contribution >= 0.6 is 11.3 Å². The maximum absolute atomic E-state index is 3.88. The molecule has 2 aromatic rings. The van der Waals surface area contributed by atoms with Crippen molar-refractivity contribution in [2.75, 3.05) is 39.8 Å². The van der Waals surface area contributed by atoms with Crippen LogP contribution in [0.4, 0.5) is 0 Å². The molecule has 4 heteroatoms. The van der Waals surface area contributed by atoms with Crippen molar-refractivity contribution in [1.82, 2.24) is 15.1 Å². The van der Waals surface area contributed by atoms with Gasteiger partial charge in [-0.25, -0.2) is 0 Å². The van der Waals surface area contributed by atoms with Crippen LogP contribution in [0.5, 0.6) is 0 Å². The highest BCUT2D eigenvalue weighted by atomic mass is 32.1. The lowest BCUT2D eigenvalue weighted by Gasteiger charge is -2.35. The van der Waals surface area contributed by atoms with E-state index >= 15 is 0 Å². The van der Waals surface area contributed by atoms with Gasteiger partial charge >= 0.3 is 0 Å². The third kappa shape index (κ3) is 4.67. The fourth-order valence-corrected chi connectivity index (χ4v) is 4.19. The average Bonchev–Trinajstić information content (AvgIpc) is 3.03. The molecular weight excluding hydrogens is 314 g/mol. The number of rotatable bonds is 6. The molecule has 24 heavy (non-hydrogen) atoms. The molecule has 0 radical (unpaired) electrons. The molecule has 2 atom stereocenters. The highest BCUT2D eigenvalue weighted by Gasteiger charge is 2.21. The molecule has 2 heterocycles. The van der Waals surface area contributed by atoms with E-state index < -0.39 is 0 Å². The molecule has 1 saturated heterocycles. The summed E-state index contributed by atoms with van der Waals surface area (Å²) < 4.78 is 0. The number of nitrogens with one attached hydrogen (secondary N) is 1. The second-order valence-electron chi connectivity index (χ2n) is 6.90. The Balaban J connectivity index is 1.70. The lowest BCUT2D eigenvalue weighted by molar-refractivity contribution is 0.140. The first kappa shape index (κ1) is 17.6. The molecule has 3 rings (SSSR count). The van der Waals surface area contributed by atoms with Crippen molar-refractivity contribution in [3.63, 3.8) is 0 Å². The van der Waals surface area contributed by atoms with Crippen molar-refractivity contribution in [2.45, 2.75) is 25.9 Å². The smallest absolute Gasteiger partial charge is 0.0454 e. The second-order valence-corrected chi connectivity index (χ2v) is 8.22. The van der Waals surface area contributed by atoms with Gasteiger partial charge in [0.1, 0.15) is 0 Å². The largest absolute Gasteiger partial charge is 0.304 e. The van der Waals surface area contributed by atoms with Crippen LogP contribution in [0.25, 0.3) is 0 Å². The SMILES string of the molecule is Cc1ccc([C@H](C)N[C@H](CN2CCN(C)CC2)c2ccccc2)s1. The van der Waals surface area contributed by atoms with E-state index in [1.807, 2.05) is 11.3 Å². The van der Waals surface area contributed by atoms with Crippen LogP contribution in [-0.4, -0.2) is 49.6 Å². The minimum Gasteiger partial charge on any atom is -0.304 e. The van der Waals surface area contributed by atoms with Gasteiger partial charge < -0.3 is 10.2 Å². The molecule has 0 amide bonds. The Morgan fingerprint density at radius 2 is 1.75 bits per heavy atom. The molecule has 1 aromatic carbocycles. The zero-order valence-corrected chi connectivity index (χ0v) is 15.9. The van der Waals surface area contributed by atoms with Crippen molar-refractivity contribution in [2.24, 2.45) is 0 Å². The summed E-state index contributed by atoms with van der Waals surface area (Å²) in [6, 6.07) is 16.1. The van der Waals surface area contributed by atoms with Crippen molar-refractivity contribution in [1.29, 1.82) is 0 Å². The van der Waals surface area contributed by atoms with Gasteiger partial charge in [0.2, 0.25) is 0 Å². The Morgan fingerprint density at radius 3 is 2.38 bits per heavy atom. The van der Waals surface area contributed by atoms with Crippen LogP contribution < -0.4 is 5.32 Å². The standard InChI is InChI=1S/C20H29N3S/c1-16-9-10-20(24-16)17(2)21-19(18-7-5-4-6-8-18)15-23-13-11-22(3)12-14-23/h4-10,17,19,21H,11-15H2,1-3H3/t17-,19+/m0/s1. The van der Waals surface area contributed by atoms with Crippen molar-refractivity contribution in [3.05, 3.63) is 57.8 Å². The van der Waals surface area contributed by atoms with E-state index in [4.69, 9.17) is 0 Å². The van der Waals surface area contributed by atoms with Crippen molar-refractivity contribution >= 4 is 11.3 Å². The van der Waals surface area contributed by atoms with E-state index in [9.17, 15) is 0 Å². The summed E-state index contributed by atoms with van der Waals surface area (Å²) in [5.74, 6) is 0. The zero-order valence-electron chi connectivity index (χ0n) is 15.0. The first-order chi connectivity index (χ1) is 11.6. The third-order valence-electron chi connectivity index (χ3n) is 4.88.